The van der Waals surface area contributed by atoms with Crippen molar-refractivity contribution >= 4 is 5.78 Å². The molecule has 2 aromatic rings. The zero-order valence-electron chi connectivity index (χ0n) is 27.0. The van der Waals surface area contributed by atoms with Crippen molar-refractivity contribution in [2.75, 3.05) is 40.1 Å². The van der Waals surface area contributed by atoms with Gasteiger partial charge in [0.1, 0.15) is 70.6 Å². The standard InChI is InChI=1S/C32H40O19/c1-44-19-4-13(2-3-15(19)35)18-7-17(37)22-16(36)5-14(6-20(22)49-18)48-28-25(24(39)23(38)21(8-33)50-28)51-30-27(41)32(43,12-47-30)11-46-29-26(40)31(42,9-34)10-45-29/h2-6,18,21,23-30,33-36,38-43H,7-12H2,1H3/t18-,21-,23-,24-,25+,26-,27-,28+,29-,30-,31-,32-/m0/s1. The van der Waals surface area contributed by atoms with Gasteiger partial charge in [-0.2, -0.15) is 0 Å². The van der Waals surface area contributed by atoms with Crippen LogP contribution >= 0.6 is 0 Å². The molecule has 3 saturated heterocycles. The first-order valence-electron chi connectivity index (χ1n) is 15.9. The van der Waals surface area contributed by atoms with Gasteiger partial charge in [-0.15, -0.1) is 0 Å². The second-order valence-electron chi connectivity index (χ2n) is 12.8. The first kappa shape index (κ1) is 37.4. The smallest absolute Gasteiger partial charge is 0.229 e. The molecule has 0 spiro atoms. The number of rotatable bonds is 11. The Bertz CT molecular complexity index is 1570. The molecule has 4 aliphatic rings. The number of aromatic hydroxyl groups is 2. The number of aliphatic hydroxyl groups excluding tert-OH is 6. The van der Waals surface area contributed by atoms with E-state index in [0.717, 1.165) is 6.07 Å². The monoisotopic (exact) mass is 728 g/mol. The molecule has 3 fully saturated rings. The van der Waals surface area contributed by atoms with Crippen molar-refractivity contribution in [2.45, 2.75) is 79.2 Å². The first-order valence-corrected chi connectivity index (χ1v) is 15.9. The van der Waals surface area contributed by atoms with E-state index in [-0.39, 0.29) is 35.0 Å². The average Bonchev–Trinajstić information content (AvgIpc) is 3.56. The van der Waals surface area contributed by atoms with Gasteiger partial charge in [0.15, 0.2) is 36.0 Å². The second-order valence-corrected chi connectivity index (χ2v) is 12.8. The molecule has 2 aromatic carbocycles. The number of hydrogen-bond donors (Lipinski definition) is 10. The number of aliphatic hydroxyl groups is 8. The number of methoxy groups -OCH3 is 1. The maximum atomic E-state index is 13.1. The normalized spacial score (nSPS) is 37.9. The van der Waals surface area contributed by atoms with Crippen LogP contribution in [-0.4, -0.2) is 164 Å². The van der Waals surface area contributed by atoms with Crippen molar-refractivity contribution < 1.29 is 93.8 Å². The molecular formula is C32H40O19. The Balaban J connectivity index is 1.18. The highest BCUT2D eigenvalue weighted by Gasteiger charge is 2.55. The van der Waals surface area contributed by atoms with Crippen molar-refractivity contribution in [3.63, 3.8) is 0 Å². The maximum Gasteiger partial charge on any atom is 0.229 e. The summed E-state index contributed by atoms with van der Waals surface area (Å²) in [6.07, 6.45) is -16.0. The van der Waals surface area contributed by atoms with E-state index in [2.05, 4.69) is 0 Å². The van der Waals surface area contributed by atoms with Gasteiger partial charge in [0.2, 0.25) is 6.29 Å². The molecule has 19 nitrogen and oxygen atoms in total. The van der Waals surface area contributed by atoms with Gasteiger partial charge in [-0.05, 0) is 17.7 Å². The minimum absolute atomic E-state index is 0.0840. The van der Waals surface area contributed by atoms with Crippen LogP contribution in [0.15, 0.2) is 30.3 Å². The third-order valence-electron chi connectivity index (χ3n) is 9.30. The first-order chi connectivity index (χ1) is 24.2. The fourth-order valence-electron chi connectivity index (χ4n) is 6.21. The van der Waals surface area contributed by atoms with Gasteiger partial charge in [0.05, 0.1) is 46.6 Å². The molecule has 4 aliphatic heterocycles. The van der Waals surface area contributed by atoms with Gasteiger partial charge in [-0.1, -0.05) is 6.07 Å². The van der Waals surface area contributed by atoms with Crippen LogP contribution in [0.25, 0.3) is 0 Å². The van der Waals surface area contributed by atoms with Crippen LogP contribution in [0, 0.1) is 0 Å². The van der Waals surface area contributed by atoms with E-state index in [1.807, 2.05) is 0 Å². The summed E-state index contributed by atoms with van der Waals surface area (Å²) in [7, 11) is 1.36. The summed E-state index contributed by atoms with van der Waals surface area (Å²) in [5.41, 5.74) is -3.82. The van der Waals surface area contributed by atoms with E-state index in [9.17, 15) is 55.9 Å². The van der Waals surface area contributed by atoms with Gasteiger partial charge in [-0.3, -0.25) is 4.79 Å². The van der Waals surface area contributed by atoms with Gasteiger partial charge < -0.3 is 89.0 Å². The highest BCUT2D eigenvalue weighted by Crippen LogP contribution is 2.44. The fraction of sp³-hybridized carbons (Fsp3) is 0.594. The summed E-state index contributed by atoms with van der Waals surface area (Å²) in [4.78, 5) is 13.1. The number of benzene rings is 2. The number of ether oxygens (including phenoxy) is 8. The zero-order valence-corrected chi connectivity index (χ0v) is 27.0. The molecule has 4 heterocycles. The molecule has 0 bridgehead atoms. The van der Waals surface area contributed by atoms with Crippen LogP contribution in [0.1, 0.15) is 28.4 Å². The summed E-state index contributed by atoms with van der Waals surface area (Å²) in [6.45, 7) is -3.36. The average molecular weight is 729 g/mol. The largest absolute Gasteiger partial charge is 0.507 e. The quantitative estimate of drug-likeness (QED) is 0.110. The predicted octanol–water partition coefficient (Wildman–Crippen LogP) is -3.08. The minimum atomic E-state index is -2.18. The number of fused-ring (bicyclic) bond motifs is 1. The lowest BCUT2D eigenvalue weighted by Gasteiger charge is -2.42. The van der Waals surface area contributed by atoms with Crippen molar-refractivity contribution in [2.24, 2.45) is 0 Å². The third kappa shape index (κ3) is 7.05. The lowest BCUT2D eigenvalue weighted by atomic mass is 9.95. The number of phenolic OH excluding ortho intramolecular Hbond substituents is 2. The summed E-state index contributed by atoms with van der Waals surface area (Å²) < 4.78 is 44.5. The molecule has 0 amide bonds. The third-order valence-corrected chi connectivity index (χ3v) is 9.30. The molecule has 12 atom stereocenters. The Hall–Kier alpha value is -3.41. The van der Waals surface area contributed by atoms with Crippen molar-refractivity contribution in [1.82, 2.24) is 0 Å². The summed E-state index contributed by atoms with van der Waals surface area (Å²) >= 11 is 0. The van der Waals surface area contributed by atoms with Crippen molar-refractivity contribution in [3.8, 4) is 28.7 Å². The number of Topliss-reactive ketones (excluding diaryl/α,β-unsaturated/α-hetero) is 1. The molecule has 0 radical (unpaired) electrons. The molecule has 0 aliphatic carbocycles. The molecule has 0 unspecified atom stereocenters. The van der Waals surface area contributed by atoms with Gasteiger partial charge in [0.25, 0.3) is 0 Å². The Morgan fingerprint density at radius 1 is 0.882 bits per heavy atom. The van der Waals surface area contributed by atoms with Crippen molar-refractivity contribution in [1.29, 1.82) is 0 Å². The fourth-order valence-corrected chi connectivity index (χ4v) is 6.21. The van der Waals surface area contributed by atoms with E-state index >= 15 is 0 Å². The molecular weight excluding hydrogens is 688 g/mol. The van der Waals surface area contributed by atoms with Crippen LogP contribution in [0.2, 0.25) is 0 Å². The summed E-state index contributed by atoms with van der Waals surface area (Å²) in [5.74, 6) is -1.21. The number of phenols is 2. The molecule has 6 rings (SSSR count). The molecule has 10 N–H and O–H groups in total. The van der Waals surface area contributed by atoms with Crippen LogP contribution in [0.4, 0.5) is 0 Å². The lowest BCUT2D eigenvalue weighted by Crippen LogP contribution is -2.62. The Morgan fingerprint density at radius 2 is 1.59 bits per heavy atom. The number of carbonyl (C=O) groups is 1. The van der Waals surface area contributed by atoms with Crippen LogP contribution in [-0.2, 0) is 23.7 Å². The van der Waals surface area contributed by atoms with E-state index in [0.29, 0.717) is 5.56 Å². The van der Waals surface area contributed by atoms with Crippen LogP contribution in [0.5, 0.6) is 28.7 Å². The Labute approximate surface area is 289 Å². The maximum absolute atomic E-state index is 13.1. The predicted molar refractivity (Wildman–Crippen MR) is 163 cm³/mol. The van der Waals surface area contributed by atoms with E-state index < -0.39 is 117 Å². The summed E-state index contributed by atoms with van der Waals surface area (Å²) in [5, 5.41) is 104. The minimum Gasteiger partial charge on any atom is -0.507 e. The highest BCUT2D eigenvalue weighted by atomic mass is 16.8. The van der Waals surface area contributed by atoms with Crippen LogP contribution < -0.4 is 14.2 Å². The zero-order chi connectivity index (χ0) is 36.8. The Kier molecular flexibility index (Phi) is 10.7. The van der Waals surface area contributed by atoms with Crippen LogP contribution in [0.3, 0.4) is 0 Å². The van der Waals surface area contributed by atoms with Gasteiger partial charge >= 0.3 is 0 Å². The van der Waals surface area contributed by atoms with E-state index in [1.54, 1.807) is 0 Å². The number of hydrogen-bond acceptors (Lipinski definition) is 19. The second kappa shape index (κ2) is 14.5. The highest BCUT2D eigenvalue weighted by molar-refractivity contribution is 6.02. The molecule has 0 saturated carbocycles. The topological polar surface area (TPSA) is 293 Å². The Morgan fingerprint density at radius 3 is 2.27 bits per heavy atom. The lowest BCUT2D eigenvalue weighted by molar-refractivity contribution is -0.319. The van der Waals surface area contributed by atoms with Crippen molar-refractivity contribution in [3.05, 3.63) is 41.5 Å². The molecule has 51 heavy (non-hydrogen) atoms. The SMILES string of the molecule is COc1cc([C@@H]2CC(=O)c3c(O)cc(O[C@@H]4O[C@@H](CO)[C@H](O)[C@H](O)[C@H]4O[C@@H]4OC[C@@](O)(CO[C@@H]5OC[C@@](O)(CO)[C@H]5O)[C@H]4O)cc3O2)ccc1O. The number of ketones is 1. The van der Waals surface area contributed by atoms with E-state index in [1.165, 1.54) is 31.4 Å². The molecule has 19 heteroatoms. The number of carbonyl (C=O) groups excluding carboxylic acids is 1. The van der Waals surface area contributed by atoms with E-state index in [4.69, 9.17) is 37.9 Å². The molecule has 282 valence electrons. The summed E-state index contributed by atoms with van der Waals surface area (Å²) in [6, 6.07) is 6.74. The molecule has 0 aromatic heterocycles. The van der Waals surface area contributed by atoms with Gasteiger partial charge in [-0.25, -0.2) is 0 Å². The van der Waals surface area contributed by atoms with Gasteiger partial charge in [0, 0.05) is 12.1 Å².